The summed E-state index contributed by atoms with van der Waals surface area (Å²) in [6, 6.07) is 8.77. The van der Waals surface area contributed by atoms with Crippen LogP contribution < -0.4 is 0 Å². The molecule has 2 aromatic heterocycles. The third kappa shape index (κ3) is 3.81. The van der Waals surface area contributed by atoms with E-state index in [2.05, 4.69) is 21.9 Å². The van der Waals surface area contributed by atoms with Gasteiger partial charge in [-0.15, -0.1) is 0 Å². The lowest BCUT2D eigenvalue weighted by atomic mass is 10.1. The Bertz CT molecular complexity index is 875. The summed E-state index contributed by atoms with van der Waals surface area (Å²) >= 11 is 0. The van der Waals surface area contributed by atoms with Crippen molar-refractivity contribution in [1.29, 1.82) is 0 Å². The molecule has 1 atom stereocenters. The third-order valence-electron chi connectivity index (χ3n) is 4.38. The molecule has 0 aliphatic rings. The van der Waals surface area contributed by atoms with Gasteiger partial charge >= 0.3 is 0 Å². The van der Waals surface area contributed by atoms with Gasteiger partial charge in [-0.2, -0.15) is 5.10 Å². The molecule has 0 amide bonds. The van der Waals surface area contributed by atoms with Crippen LogP contribution in [0.3, 0.4) is 0 Å². The Morgan fingerprint density at radius 3 is 2.76 bits per heavy atom. The van der Waals surface area contributed by atoms with Crippen LogP contribution in [0.1, 0.15) is 35.5 Å². The van der Waals surface area contributed by atoms with Crippen molar-refractivity contribution in [3.05, 3.63) is 59.0 Å². The number of aryl methyl sites for hydroxylation is 2. The van der Waals surface area contributed by atoms with Crippen LogP contribution in [0.2, 0.25) is 0 Å². The predicted molar refractivity (Wildman–Crippen MR) is 96.5 cm³/mol. The number of aromatic nitrogens is 3. The molecule has 0 aliphatic carbocycles. The second kappa shape index (κ2) is 7.21. The van der Waals surface area contributed by atoms with Gasteiger partial charge in [0.1, 0.15) is 5.75 Å². The molecule has 3 rings (SSSR count). The van der Waals surface area contributed by atoms with E-state index in [1.807, 2.05) is 36.7 Å². The maximum absolute atomic E-state index is 10.5. The normalized spacial score (nSPS) is 12.8. The standard InChI is InChI=1S/C19H24N4O2/c1-4-22(12-18(25)15-6-5-7-17(24)9-15)11-16-10-20-23-14(3)8-13(2)21-19(16)23/h5-10,18,24-25H,4,11-12H2,1-3H3/t18-/m0/s1. The number of phenolic OH excluding ortho intramolecular Hbond substituents is 1. The Balaban J connectivity index is 1.78. The molecule has 0 spiro atoms. The summed E-state index contributed by atoms with van der Waals surface area (Å²) in [7, 11) is 0. The van der Waals surface area contributed by atoms with Gasteiger partial charge in [0.15, 0.2) is 5.65 Å². The lowest BCUT2D eigenvalue weighted by molar-refractivity contribution is 0.112. The first-order chi connectivity index (χ1) is 12.0. The molecule has 25 heavy (non-hydrogen) atoms. The van der Waals surface area contributed by atoms with E-state index in [1.165, 1.54) is 0 Å². The maximum atomic E-state index is 10.5. The topological polar surface area (TPSA) is 73.9 Å². The molecule has 0 bridgehead atoms. The van der Waals surface area contributed by atoms with Gasteiger partial charge in [0.25, 0.3) is 0 Å². The van der Waals surface area contributed by atoms with Gasteiger partial charge in [-0.3, -0.25) is 4.90 Å². The van der Waals surface area contributed by atoms with Crippen molar-refractivity contribution in [3.63, 3.8) is 0 Å². The van der Waals surface area contributed by atoms with Crippen molar-refractivity contribution in [3.8, 4) is 5.75 Å². The fourth-order valence-corrected chi connectivity index (χ4v) is 3.06. The highest BCUT2D eigenvalue weighted by molar-refractivity contribution is 5.47. The highest BCUT2D eigenvalue weighted by atomic mass is 16.3. The Hall–Kier alpha value is -2.44. The monoisotopic (exact) mass is 340 g/mol. The SMILES string of the molecule is CCN(Cc1cnn2c(C)cc(C)nc12)C[C@H](O)c1cccc(O)c1. The number of likely N-dealkylation sites (N-methyl/N-ethyl adjacent to an activating group) is 1. The van der Waals surface area contributed by atoms with Gasteiger partial charge < -0.3 is 10.2 Å². The van der Waals surface area contributed by atoms with E-state index >= 15 is 0 Å². The van der Waals surface area contributed by atoms with Crippen molar-refractivity contribution >= 4 is 5.65 Å². The number of nitrogens with zero attached hydrogens (tertiary/aromatic N) is 4. The molecule has 6 nitrogen and oxygen atoms in total. The minimum Gasteiger partial charge on any atom is -0.508 e. The predicted octanol–water partition coefficient (Wildman–Crippen LogP) is 2.61. The largest absolute Gasteiger partial charge is 0.508 e. The first kappa shape index (κ1) is 17.4. The lowest BCUT2D eigenvalue weighted by Gasteiger charge is -2.23. The summed E-state index contributed by atoms with van der Waals surface area (Å²) in [5, 5.41) is 24.5. The zero-order valence-corrected chi connectivity index (χ0v) is 14.8. The first-order valence-electron chi connectivity index (χ1n) is 8.48. The molecule has 0 saturated carbocycles. The molecule has 0 radical (unpaired) electrons. The Kier molecular flexibility index (Phi) is 5.01. The van der Waals surface area contributed by atoms with Crippen molar-refractivity contribution in [2.24, 2.45) is 0 Å². The van der Waals surface area contributed by atoms with E-state index in [0.717, 1.165) is 29.1 Å². The van der Waals surface area contributed by atoms with E-state index < -0.39 is 6.10 Å². The van der Waals surface area contributed by atoms with Gasteiger partial charge in [-0.25, -0.2) is 9.50 Å². The smallest absolute Gasteiger partial charge is 0.159 e. The number of aliphatic hydroxyl groups is 1. The van der Waals surface area contributed by atoms with E-state index in [9.17, 15) is 10.2 Å². The molecule has 0 saturated heterocycles. The van der Waals surface area contributed by atoms with Crippen LogP contribution >= 0.6 is 0 Å². The van der Waals surface area contributed by atoms with Crippen LogP contribution in [-0.4, -0.2) is 42.8 Å². The third-order valence-corrected chi connectivity index (χ3v) is 4.38. The number of hydrogen-bond donors (Lipinski definition) is 2. The molecule has 3 aromatic rings. The quantitative estimate of drug-likeness (QED) is 0.721. The van der Waals surface area contributed by atoms with E-state index in [1.54, 1.807) is 18.2 Å². The highest BCUT2D eigenvalue weighted by Crippen LogP contribution is 2.21. The van der Waals surface area contributed by atoms with Crippen molar-refractivity contribution < 1.29 is 10.2 Å². The fraction of sp³-hybridized carbons (Fsp3) is 0.368. The second-order valence-electron chi connectivity index (χ2n) is 6.38. The maximum Gasteiger partial charge on any atom is 0.159 e. The molecule has 2 heterocycles. The van der Waals surface area contributed by atoms with E-state index in [-0.39, 0.29) is 5.75 Å². The average Bonchev–Trinajstić information content (AvgIpc) is 2.97. The van der Waals surface area contributed by atoms with Gasteiger partial charge in [0, 0.05) is 30.0 Å². The van der Waals surface area contributed by atoms with Crippen LogP contribution in [0, 0.1) is 13.8 Å². The number of phenols is 1. The molecule has 2 N–H and O–H groups in total. The second-order valence-corrected chi connectivity index (χ2v) is 6.38. The van der Waals surface area contributed by atoms with Gasteiger partial charge in [0.05, 0.1) is 12.3 Å². The van der Waals surface area contributed by atoms with Crippen molar-refractivity contribution in [1.82, 2.24) is 19.5 Å². The van der Waals surface area contributed by atoms with E-state index in [0.29, 0.717) is 18.7 Å². The first-order valence-corrected chi connectivity index (χ1v) is 8.48. The molecular weight excluding hydrogens is 316 g/mol. The molecule has 132 valence electrons. The Labute approximate surface area is 147 Å². The minimum atomic E-state index is -0.662. The summed E-state index contributed by atoms with van der Waals surface area (Å²) < 4.78 is 1.85. The number of aromatic hydroxyl groups is 1. The molecule has 0 fully saturated rings. The van der Waals surface area contributed by atoms with Crippen LogP contribution in [0.25, 0.3) is 5.65 Å². The highest BCUT2D eigenvalue weighted by Gasteiger charge is 2.16. The van der Waals surface area contributed by atoms with Gasteiger partial charge in [-0.1, -0.05) is 19.1 Å². The minimum absolute atomic E-state index is 0.164. The number of rotatable bonds is 6. The number of hydrogen-bond acceptors (Lipinski definition) is 5. The summed E-state index contributed by atoms with van der Waals surface area (Å²) in [5.41, 5.74) is 4.63. The summed E-state index contributed by atoms with van der Waals surface area (Å²) in [4.78, 5) is 6.75. The number of benzene rings is 1. The van der Waals surface area contributed by atoms with E-state index in [4.69, 9.17) is 0 Å². The van der Waals surface area contributed by atoms with Gasteiger partial charge in [0.2, 0.25) is 0 Å². The molecule has 1 aromatic carbocycles. The summed E-state index contributed by atoms with van der Waals surface area (Å²) in [5.74, 6) is 0.164. The zero-order chi connectivity index (χ0) is 18.0. The lowest BCUT2D eigenvalue weighted by Crippen LogP contribution is -2.28. The van der Waals surface area contributed by atoms with Crippen LogP contribution in [0.15, 0.2) is 36.5 Å². The fourth-order valence-electron chi connectivity index (χ4n) is 3.06. The van der Waals surface area contributed by atoms with Crippen molar-refractivity contribution in [2.75, 3.05) is 13.1 Å². The number of aliphatic hydroxyl groups excluding tert-OH is 1. The summed E-state index contributed by atoms with van der Waals surface area (Å²) in [6.07, 6.45) is 1.18. The zero-order valence-electron chi connectivity index (χ0n) is 14.8. The van der Waals surface area contributed by atoms with Crippen LogP contribution in [-0.2, 0) is 6.54 Å². The van der Waals surface area contributed by atoms with Crippen molar-refractivity contribution in [2.45, 2.75) is 33.4 Å². The Morgan fingerprint density at radius 2 is 2.04 bits per heavy atom. The summed E-state index contributed by atoms with van der Waals surface area (Å²) in [6.45, 7) is 7.98. The Morgan fingerprint density at radius 1 is 1.24 bits per heavy atom. The van der Waals surface area contributed by atoms with Crippen LogP contribution in [0.5, 0.6) is 5.75 Å². The number of fused-ring (bicyclic) bond motifs is 1. The average molecular weight is 340 g/mol. The molecule has 6 heteroatoms. The molecule has 0 aliphatic heterocycles. The van der Waals surface area contributed by atoms with Gasteiger partial charge in [-0.05, 0) is 44.2 Å². The van der Waals surface area contributed by atoms with Crippen LogP contribution in [0.4, 0.5) is 0 Å². The molecular formula is C19H24N4O2. The molecule has 0 unspecified atom stereocenters.